The number of nitrogens with zero attached hydrogens (tertiary/aromatic N) is 5. The lowest BCUT2D eigenvalue weighted by atomic mass is 9.93. The third-order valence-electron chi connectivity index (χ3n) is 6.63. The van der Waals surface area contributed by atoms with Gasteiger partial charge >= 0.3 is 0 Å². The predicted octanol–water partition coefficient (Wildman–Crippen LogP) is 5.03. The highest BCUT2D eigenvalue weighted by atomic mass is 35.5. The molecule has 1 fully saturated rings. The van der Waals surface area contributed by atoms with E-state index in [0.717, 1.165) is 41.5 Å². The van der Waals surface area contributed by atoms with Crippen molar-refractivity contribution in [2.75, 3.05) is 13.7 Å². The summed E-state index contributed by atoms with van der Waals surface area (Å²) >= 11 is 6.10. The molecule has 0 spiro atoms. The smallest absolute Gasteiger partial charge is 0.223 e. The van der Waals surface area contributed by atoms with Gasteiger partial charge in [-0.05, 0) is 58.0 Å². The van der Waals surface area contributed by atoms with Crippen molar-refractivity contribution >= 4 is 28.3 Å². The zero-order chi connectivity index (χ0) is 23.5. The third-order valence-corrected chi connectivity index (χ3v) is 6.88. The first-order valence-electron chi connectivity index (χ1n) is 11.5. The van der Waals surface area contributed by atoms with Crippen molar-refractivity contribution < 1.29 is 9.53 Å². The summed E-state index contributed by atoms with van der Waals surface area (Å²) < 4.78 is 7.24. The van der Waals surface area contributed by atoms with Crippen LogP contribution in [0.5, 0.6) is 5.75 Å². The van der Waals surface area contributed by atoms with Crippen LogP contribution in [-0.2, 0) is 11.3 Å². The molecule has 0 aliphatic carbocycles. The van der Waals surface area contributed by atoms with Crippen LogP contribution in [0, 0.1) is 0 Å². The molecule has 4 aromatic rings. The second kappa shape index (κ2) is 9.81. The van der Waals surface area contributed by atoms with Gasteiger partial charge in [0, 0.05) is 29.3 Å². The first kappa shape index (κ1) is 22.3. The number of amides is 1. The fourth-order valence-corrected chi connectivity index (χ4v) is 5.12. The summed E-state index contributed by atoms with van der Waals surface area (Å²) in [4.78, 5) is 15.7. The Morgan fingerprint density at radius 2 is 1.91 bits per heavy atom. The minimum absolute atomic E-state index is 0.0437. The van der Waals surface area contributed by atoms with Gasteiger partial charge in [-0.15, -0.1) is 5.10 Å². The minimum atomic E-state index is -0.0675. The van der Waals surface area contributed by atoms with Gasteiger partial charge in [-0.2, -0.15) is 0 Å². The second-order valence-electron chi connectivity index (χ2n) is 8.63. The first-order chi connectivity index (χ1) is 16.6. The maximum Gasteiger partial charge on any atom is 0.223 e. The highest BCUT2D eigenvalue weighted by Gasteiger charge is 2.32. The summed E-state index contributed by atoms with van der Waals surface area (Å²) in [5, 5.41) is 14.4. The molecule has 0 bridgehead atoms. The highest BCUT2D eigenvalue weighted by molar-refractivity contribution is 6.30. The van der Waals surface area contributed by atoms with Gasteiger partial charge < -0.3 is 9.64 Å². The van der Waals surface area contributed by atoms with Crippen LogP contribution in [0.3, 0.4) is 0 Å². The van der Waals surface area contributed by atoms with Crippen LogP contribution in [0.2, 0.25) is 5.02 Å². The van der Waals surface area contributed by atoms with Crippen LogP contribution in [0.15, 0.2) is 67.0 Å². The summed E-state index contributed by atoms with van der Waals surface area (Å²) in [5.74, 6) is 0.914. The number of carbonyl (C=O) groups is 1. The fourth-order valence-electron chi connectivity index (χ4n) is 4.99. The van der Waals surface area contributed by atoms with Crippen molar-refractivity contribution in [2.45, 2.75) is 37.8 Å². The van der Waals surface area contributed by atoms with E-state index in [2.05, 4.69) is 33.7 Å². The number of benzene rings is 3. The number of likely N-dealkylation sites (tertiary alicyclic amines) is 1. The minimum Gasteiger partial charge on any atom is -0.496 e. The average molecular weight is 476 g/mol. The molecule has 1 aromatic heterocycles. The number of halogens is 1. The van der Waals surface area contributed by atoms with Crippen LogP contribution in [-0.4, -0.2) is 44.7 Å². The second-order valence-corrected chi connectivity index (χ2v) is 9.07. The van der Waals surface area contributed by atoms with Crippen molar-refractivity contribution in [1.29, 1.82) is 0 Å². The Balaban J connectivity index is 1.43. The summed E-state index contributed by atoms with van der Waals surface area (Å²) in [6.45, 7) is 1.27. The number of methoxy groups -OCH3 is 1. The lowest BCUT2D eigenvalue weighted by Gasteiger charge is -2.28. The van der Waals surface area contributed by atoms with E-state index in [1.165, 1.54) is 5.56 Å². The fraction of sp³-hybridized carbons (Fsp3) is 0.308. The zero-order valence-corrected chi connectivity index (χ0v) is 19.7. The number of ether oxygens (including phenoxy) is 1. The van der Waals surface area contributed by atoms with Crippen molar-refractivity contribution in [2.24, 2.45) is 0 Å². The Bertz CT molecular complexity index is 1280. The topological polar surface area (TPSA) is 73.1 Å². The number of hydrogen-bond acceptors (Lipinski definition) is 5. The molecule has 1 aliphatic rings. The first-order valence-corrected chi connectivity index (χ1v) is 11.8. The quantitative estimate of drug-likeness (QED) is 0.375. The molecular formula is C26H26ClN5O2. The molecule has 174 valence electrons. The highest BCUT2D eigenvalue weighted by Crippen LogP contribution is 2.39. The Morgan fingerprint density at radius 3 is 2.65 bits per heavy atom. The Labute approximate surface area is 203 Å². The molecule has 2 heterocycles. The van der Waals surface area contributed by atoms with E-state index in [9.17, 15) is 4.79 Å². The van der Waals surface area contributed by atoms with Gasteiger partial charge in [-0.1, -0.05) is 54.1 Å². The van der Waals surface area contributed by atoms with Crippen LogP contribution in [0.4, 0.5) is 0 Å². The number of aromatic nitrogens is 4. The van der Waals surface area contributed by atoms with Gasteiger partial charge in [-0.25, -0.2) is 4.68 Å². The monoisotopic (exact) mass is 475 g/mol. The van der Waals surface area contributed by atoms with E-state index in [1.807, 2.05) is 47.4 Å². The zero-order valence-electron chi connectivity index (χ0n) is 19.0. The van der Waals surface area contributed by atoms with Crippen molar-refractivity contribution in [3.63, 3.8) is 0 Å². The molecule has 1 aliphatic heterocycles. The number of rotatable bonds is 7. The summed E-state index contributed by atoms with van der Waals surface area (Å²) in [5.41, 5.74) is 2.21. The van der Waals surface area contributed by atoms with E-state index in [4.69, 9.17) is 16.3 Å². The molecule has 7 nitrogen and oxygen atoms in total. The number of tetrazole rings is 1. The largest absolute Gasteiger partial charge is 0.496 e. The normalized spacial score (nSPS) is 16.6. The number of fused-ring (bicyclic) bond motifs is 1. The molecule has 0 saturated carbocycles. The lowest BCUT2D eigenvalue weighted by molar-refractivity contribution is -0.132. The molecule has 0 N–H and O–H groups in total. The Hall–Kier alpha value is -3.45. The summed E-state index contributed by atoms with van der Waals surface area (Å²) in [6.07, 6.45) is 3.87. The number of hydrogen-bond donors (Lipinski definition) is 0. The maximum absolute atomic E-state index is 13.7. The predicted molar refractivity (Wildman–Crippen MR) is 131 cm³/mol. The average Bonchev–Trinajstić information content (AvgIpc) is 3.56. The molecule has 34 heavy (non-hydrogen) atoms. The SMILES string of the molecule is COc1ccc([C@@H]2CCCN2C(=O)C[C@@H](Cn2cnnn2)c2ccc(Cl)cc2)c2ccccc12. The van der Waals surface area contributed by atoms with E-state index < -0.39 is 0 Å². The van der Waals surface area contributed by atoms with E-state index >= 15 is 0 Å². The lowest BCUT2D eigenvalue weighted by Crippen LogP contribution is -2.32. The van der Waals surface area contributed by atoms with Gasteiger partial charge in [0.2, 0.25) is 5.91 Å². The Kier molecular flexibility index (Phi) is 6.45. The van der Waals surface area contributed by atoms with Crippen LogP contribution in [0.1, 0.15) is 42.3 Å². The Morgan fingerprint density at radius 1 is 1.12 bits per heavy atom. The molecule has 1 saturated heterocycles. The number of carbonyl (C=O) groups excluding carboxylic acids is 1. The molecule has 3 aromatic carbocycles. The van der Waals surface area contributed by atoms with Crippen LogP contribution in [0.25, 0.3) is 10.8 Å². The van der Waals surface area contributed by atoms with Gasteiger partial charge in [0.25, 0.3) is 0 Å². The van der Waals surface area contributed by atoms with Crippen molar-refractivity contribution in [3.05, 3.63) is 83.1 Å². The summed E-state index contributed by atoms with van der Waals surface area (Å²) in [6, 6.07) is 20.1. The van der Waals surface area contributed by atoms with Gasteiger partial charge in [0.15, 0.2) is 0 Å². The standard InChI is InChI=1S/C26H26ClN5O2/c1-34-25-13-12-22(21-5-2-3-6-23(21)25)24-7-4-14-32(24)26(33)15-19(16-31-17-28-29-30-31)18-8-10-20(27)11-9-18/h2-3,5-6,8-13,17,19,24H,4,7,14-16H2,1H3/t19-,24-/m0/s1. The van der Waals surface area contributed by atoms with Crippen LogP contribution < -0.4 is 4.74 Å². The van der Waals surface area contributed by atoms with Crippen molar-refractivity contribution in [3.8, 4) is 5.75 Å². The van der Waals surface area contributed by atoms with Crippen molar-refractivity contribution in [1.82, 2.24) is 25.1 Å². The molecule has 8 heteroatoms. The third kappa shape index (κ3) is 4.48. The van der Waals surface area contributed by atoms with Gasteiger partial charge in [-0.3, -0.25) is 4.79 Å². The molecule has 2 atom stereocenters. The van der Waals surface area contributed by atoms with E-state index in [0.29, 0.717) is 18.0 Å². The van der Waals surface area contributed by atoms with Gasteiger partial charge in [0.1, 0.15) is 12.1 Å². The molecule has 1 amide bonds. The molecular weight excluding hydrogens is 450 g/mol. The van der Waals surface area contributed by atoms with E-state index in [-0.39, 0.29) is 17.9 Å². The van der Waals surface area contributed by atoms with Crippen LogP contribution >= 0.6 is 11.6 Å². The molecule has 0 unspecified atom stereocenters. The van der Waals surface area contributed by atoms with Gasteiger partial charge in [0.05, 0.1) is 19.7 Å². The summed E-state index contributed by atoms with van der Waals surface area (Å²) in [7, 11) is 1.69. The molecule has 0 radical (unpaired) electrons. The van der Waals surface area contributed by atoms with E-state index in [1.54, 1.807) is 18.1 Å². The molecule has 5 rings (SSSR count). The maximum atomic E-state index is 13.7.